The summed E-state index contributed by atoms with van der Waals surface area (Å²) in [5.41, 5.74) is 5.92. The number of alkyl halides is 3. The number of allylic oxidation sites excluding steroid dienone is 12. The van der Waals surface area contributed by atoms with Crippen LogP contribution in [0.1, 0.15) is 71.6 Å². The van der Waals surface area contributed by atoms with E-state index >= 15 is 0 Å². The molecule has 68 heavy (non-hydrogen) atoms. The summed E-state index contributed by atoms with van der Waals surface area (Å²) in [7, 11) is 0. The topological polar surface area (TPSA) is 311 Å². The quantitative estimate of drug-likeness (QED) is 0.172. The molecule has 0 aromatic heterocycles. The van der Waals surface area contributed by atoms with Crippen LogP contribution in [0.2, 0.25) is 0 Å². The Hall–Kier alpha value is -3.65. The monoisotopic (exact) mass is 976 g/mol. The van der Waals surface area contributed by atoms with Crippen molar-refractivity contribution >= 4 is 11.9 Å². The summed E-state index contributed by atoms with van der Waals surface area (Å²) in [4.78, 5) is 25.8. The number of aliphatic hydroxyl groups is 10. The van der Waals surface area contributed by atoms with Crippen molar-refractivity contribution in [1.82, 2.24) is 5.32 Å². The zero-order valence-corrected chi connectivity index (χ0v) is 38.2. The highest BCUT2D eigenvalue weighted by Crippen LogP contribution is 2.38. The lowest BCUT2D eigenvalue weighted by atomic mass is 9.82. The number of ether oxygens (including phenoxy) is 4. The molecule has 18 nitrogen and oxygen atoms in total. The third-order valence-corrected chi connectivity index (χ3v) is 11.5. The van der Waals surface area contributed by atoms with Gasteiger partial charge < -0.3 is 81.1 Å². The normalized spacial score (nSPS) is 42.0. The molecule has 0 radical (unpaired) electrons. The number of rotatable bonds is 4. The first kappa shape index (κ1) is 58.7. The SMILES string of the molecule is C[C@H]1C[C@H](O)[C@@H](C)/C=C/C=C/C=C/C=C/C=C/C=C/C=C/C(O[C@@H]2OC[C@@H](O)[C@H](N)[C@H]2O)C[C@@H]2OC(O)(C[C@@H](O)CC(O)C(O)CCC(O)CC(O)CC(=O)O1)C[C@H](O)C2C(=O)NCC(F)(F)F. The lowest BCUT2D eigenvalue weighted by Gasteiger charge is -2.45. The van der Waals surface area contributed by atoms with Crippen LogP contribution in [0.15, 0.2) is 85.1 Å². The lowest BCUT2D eigenvalue weighted by molar-refractivity contribution is -0.304. The fraction of sp³-hybridized carbons (Fsp3) is 0.660. The Kier molecular flexibility index (Phi) is 24.9. The minimum absolute atomic E-state index is 0.123. The number of esters is 1. The van der Waals surface area contributed by atoms with Gasteiger partial charge in [0.1, 0.15) is 18.8 Å². The summed E-state index contributed by atoms with van der Waals surface area (Å²) in [6, 6.07) is -1.21. The Labute approximate surface area is 394 Å². The number of carbonyl (C=O) groups excluding carboxylic acids is 2. The molecule has 0 aliphatic carbocycles. The Morgan fingerprint density at radius 2 is 1.32 bits per heavy atom. The van der Waals surface area contributed by atoms with Crippen molar-refractivity contribution in [2.24, 2.45) is 17.6 Å². The van der Waals surface area contributed by atoms with E-state index in [2.05, 4.69) is 0 Å². The van der Waals surface area contributed by atoms with Gasteiger partial charge in [0, 0.05) is 38.0 Å². The van der Waals surface area contributed by atoms with E-state index in [0.717, 1.165) is 0 Å². The van der Waals surface area contributed by atoms with Gasteiger partial charge >= 0.3 is 12.1 Å². The molecule has 3 heterocycles. The third-order valence-electron chi connectivity index (χ3n) is 11.5. The molecule has 21 heteroatoms. The van der Waals surface area contributed by atoms with Crippen molar-refractivity contribution in [1.29, 1.82) is 0 Å². The van der Waals surface area contributed by atoms with E-state index in [0.29, 0.717) is 0 Å². The van der Waals surface area contributed by atoms with Crippen molar-refractivity contribution in [3.63, 3.8) is 0 Å². The fourth-order valence-corrected chi connectivity index (χ4v) is 7.82. The van der Waals surface area contributed by atoms with Crippen molar-refractivity contribution in [3.8, 4) is 0 Å². The lowest BCUT2D eigenvalue weighted by Crippen LogP contribution is -2.59. The first-order valence-corrected chi connectivity index (χ1v) is 22.7. The molecule has 13 N–H and O–H groups in total. The predicted molar refractivity (Wildman–Crippen MR) is 239 cm³/mol. The van der Waals surface area contributed by atoms with E-state index in [9.17, 15) is 73.8 Å². The highest BCUT2D eigenvalue weighted by molar-refractivity contribution is 5.80. The zero-order valence-electron chi connectivity index (χ0n) is 38.2. The molecule has 2 bridgehead atoms. The molecule has 2 fully saturated rings. The van der Waals surface area contributed by atoms with Gasteiger partial charge in [-0.05, 0) is 26.2 Å². The van der Waals surface area contributed by atoms with E-state index in [1.165, 1.54) is 12.2 Å². The van der Waals surface area contributed by atoms with Crippen molar-refractivity contribution in [2.75, 3.05) is 13.2 Å². The average molecular weight is 977 g/mol. The molecule has 3 aliphatic rings. The van der Waals surface area contributed by atoms with E-state index in [1.807, 2.05) is 0 Å². The minimum atomic E-state index is -4.83. The van der Waals surface area contributed by atoms with Crippen molar-refractivity contribution < 1.29 is 92.8 Å². The summed E-state index contributed by atoms with van der Waals surface area (Å²) in [5, 5.41) is 109. The molecule has 17 atom stereocenters. The number of hydrogen-bond donors (Lipinski definition) is 12. The second-order valence-electron chi connectivity index (χ2n) is 17.7. The Balaban J connectivity index is 1.91. The number of cyclic esters (lactones) is 1. The highest BCUT2D eigenvalue weighted by atomic mass is 19.4. The largest absolute Gasteiger partial charge is 0.462 e. The standard InChI is InChI=1S/C47H71F3N2O16/c1-28-15-13-11-9-7-5-3-4-6-8-10-12-14-16-33(67-45-43(62)42(51)38(60)26-65-45)23-39-41(44(63)52-27-47(48,49)50)37(59)25-46(64,68-39)24-32(55)21-36(58)34(56)18-17-30(53)20-31(54)22-40(61)66-29(2)19-35(28)57/h3-16,28-39,41-43,45,53-60,62,64H,17-27,51H2,1-2H3,(H,52,63)/b4-3+,7-5+,8-6+,11-9+,12-10+,15-13+,16-14+/t28-,29-,30?,31?,32-,33?,34?,35-,36?,37-,38+,39-,41?,42-,43+,45-,46?/m0/s1. The molecule has 1 amide bonds. The van der Waals surface area contributed by atoms with Gasteiger partial charge in [-0.15, -0.1) is 0 Å². The van der Waals surface area contributed by atoms with Gasteiger partial charge in [-0.1, -0.05) is 92.0 Å². The number of carbonyl (C=O) groups is 2. The van der Waals surface area contributed by atoms with Crippen LogP contribution in [-0.4, -0.2) is 174 Å². The van der Waals surface area contributed by atoms with Crippen LogP contribution in [0, 0.1) is 11.8 Å². The van der Waals surface area contributed by atoms with Crippen LogP contribution in [-0.2, 0) is 28.5 Å². The van der Waals surface area contributed by atoms with Crippen LogP contribution in [0.3, 0.4) is 0 Å². The molecular weight excluding hydrogens is 906 g/mol. The summed E-state index contributed by atoms with van der Waals surface area (Å²) < 4.78 is 62.3. The maximum atomic E-state index is 13.3. The molecule has 0 aromatic carbocycles. The van der Waals surface area contributed by atoms with Gasteiger partial charge in [-0.3, -0.25) is 9.59 Å². The molecule has 3 rings (SSSR count). The number of hydrogen-bond acceptors (Lipinski definition) is 17. The Morgan fingerprint density at radius 3 is 1.93 bits per heavy atom. The number of nitrogens with two attached hydrogens (primary N) is 1. The smallest absolute Gasteiger partial charge is 0.405 e. The molecule has 386 valence electrons. The zero-order chi connectivity index (χ0) is 50.6. The second-order valence-corrected chi connectivity index (χ2v) is 17.7. The van der Waals surface area contributed by atoms with Crippen LogP contribution >= 0.6 is 0 Å². The van der Waals surface area contributed by atoms with Crippen LogP contribution < -0.4 is 11.1 Å². The van der Waals surface area contributed by atoms with Crippen LogP contribution in [0.25, 0.3) is 0 Å². The molecule has 0 aromatic rings. The van der Waals surface area contributed by atoms with Gasteiger partial charge in [-0.25, -0.2) is 0 Å². The van der Waals surface area contributed by atoms with E-state index in [4.69, 9.17) is 24.7 Å². The van der Waals surface area contributed by atoms with Gasteiger partial charge in [0.15, 0.2) is 12.1 Å². The maximum absolute atomic E-state index is 13.3. The first-order valence-electron chi connectivity index (χ1n) is 22.7. The van der Waals surface area contributed by atoms with Gasteiger partial charge in [0.2, 0.25) is 5.91 Å². The van der Waals surface area contributed by atoms with E-state index < -0.39 is 154 Å². The molecule has 0 spiro atoms. The summed E-state index contributed by atoms with van der Waals surface area (Å²) in [6.07, 6.45) is -2.85. The van der Waals surface area contributed by atoms with Crippen molar-refractivity contribution in [2.45, 2.75) is 169 Å². The molecular formula is C47H71F3N2O16. The minimum Gasteiger partial charge on any atom is -0.462 e. The van der Waals surface area contributed by atoms with Gasteiger partial charge in [0.05, 0.1) is 86.0 Å². The van der Waals surface area contributed by atoms with Crippen LogP contribution in [0.4, 0.5) is 13.2 Å². The Morgan fingerprint density at radius 1 is 0.735 bits per heavy atom. The number of halogens is 3. The summed E-state index contributed by atoms with van der Waals surface area (Å²) >= 11 is 0. The number of amides is 1. The number of aliphatic hydroxyl groups excluding tert-OH is 9. The predicted octanol–water partition coefficient (Wildman–Crippen LogP) is 0.671. The molecule has 3 aliphatic heterocycles. The fourth-order valence-electron chi connectivity index (χ4n) is 7.82. The van der Waals surface area contributed by atoms with E-state index in [-0.39, 0.29) is 38.2 Å². The van der Waals surface area contributed by atoms with Crippen LogP contribution in [0.5, 0.6) is 0 Å². The average Bonchev–Trinajstić information content (AvgIpc) is 3.23. The second kappa shape index (κ2) is 28.9. The third kappa shape index (κ3) is 21.6. The van der Waals surface area contributed by atoms with Gasteiger partial charge in [-0.2, -0.15) is 13.2 Å². The Bertz CT molecular complexity index is 1740. The first-order chi connectivity index (χ1) is 32.0. The number of nitrogens with one attached hydrogen (secondary N) is 1. The van der Waals surface area contributed by atoms with E-state index in [1.54, 1.807) is 92.1 Å². The summed E-state index contributed by atoms with van der Waals surface area (Å²) in [6.45, 7) is 1.30. The molecule has 2 saturated heterocycles. The van der Waals surface area contributed by atoms with Crippen molar-refractivity contribution in [3.05, 3.63) is 85.1 Å². The molecule has 7 unspecified atom stereocenters. The number of fused-ring (bicyclic) bond motifs is 2. The van der Waals surface area contributed by atoms with Gasteiger partial charge in [0.25, 0.3) is 0 Å². The highest BCUT2D eigenvalue weighted by Gasteiger charge is 2.51. The summed E-state index contributed by atoms with van der Waals surface area (Å²) in [5.74, 6) is -6.56. The maximum Gasteiger partial charge on any atom is 0.405 e. The molecule has 0 saturated carbocycles.